The first-order valence-electron chi connectivity index (χ1n) is 7.56. The summed E-state index contributed by atoms with van der Waals surface area (Å²) in [5, 5.41) is 2.74. The zero-order valence-corrected chi connectivity index (χ0v) is 12.9. The molecule has 1 N–H and O–H groups in total. The number of benzene rings is 1. The highest BCUT2D eigenvalue weighted by Gasteiger charge is 2.45. The molecule has 0 radical (unpaired) electrons. The van der Waals surface area contributed by atoms with Crippen LogP contribution in [0.25, 0.3) is 0 Å². The third-order valence-electron chi connectivity index (χ3n) is 4.19. The predicted molar refractivity (Wildman–Crippen MR) is 81.3 cm³/mol. The van der Waals surface area contributed by atoms with Crippen LogP contribution in [0.15, 0.2) is 30.3 Å². The lowest BCUT2D eigenvalue weighted by molar-refractivity contribution is -0.152. The van der Waals surface area contributed by atoms with Crippen molar-refractivity contribution >= 4 is 17.9 Å². The molecule has 7 heteroatoms. The van der Waals surface area contributed by atoms with Crippen LogP contribution in [0.5, 0.6) is 0 Å². The van der Waals surface area contributed by atoms with Crippen molar-refractivity contribution in [3.05, 3.63) is 35.9 Å². The zero-order chi connectivity index (χ0) is 16.4. The number of ether oxygens (including phenoxy) is 1. The Hall–Kier alpha value is -2.57. The normalized spacial score (nSPS) is 23.7. The van der Waals surface area contributed by atoms with E-state index in [1.807, 2.05) is 30.3 Å². The van der Waals surface area contributed by atoms with Crippen molar-refractivity contribution in [1.29, 1.82) is 0 Å². The molecule has 7 nitrogen and oxygen atoms in total. The van der Waals surface area contributed by atoms with Gasteiger partial charge in [-0.1, -0.05) is 30.3 Å². The van der Waals surface area contributed by atoms with Crippen molar-refractivity contribution in [2.45, 2.75) is 25.1 Å². The predicted octanol–water partition coefficient (Wildman–Crippen LogP) is 0.354. The molecule has 1 aromatic rings. The van der Waals surface area contributed by atoms with Crippen molar-refractivity contribution in [2.75, 3.05) is 20.1 Å². The standard InChI is InChI=1S/C16H19N3O4/c1-18-9-14(20)19-8-12(7-13(19)15(18)21)17-16(22)23-10-11-5-3-2-4-6-11/h2-6,12-13H,7-10H2,1H3,(H,17,22)/t12-,13+/m1/s1. The fraction of sp³-hybridized carbons (Fsp3) is 0.438. The number of likely N-dealkylation sites (N-methyl/N-ethyl adjacent to an activating group) is 1. The Morgan fingerprint density at radius 1 is 1.30 bits per heavy atom. The summed E-state index contributed by atoms with van der Waals surface area (Å²) in [5.41, 5.74) is 0.901. The highest BCUT2D eigenvalue weighted by Crippen LogP contribution is 2.23. The number of alkyl carbamates (subject to hydrolysis) is 1. The first-order chi connectivity index (χ1) is 11.0. The summed E-state index contributed by atoms with van der Waals surface area (Å²) in [7, 11) is 1.62. The van der Waals surface area contributed by atoms with E-state index in [4.69, 9.17) is 4.74 Å². The van der Waals surface area contributed by atoms with Crippen LogP contribution in [-0.4, -0.2) is 59.9 Å². The number of hydrogen-bond acceptors (Lipinski definition) is 4. The zero-order valence-electron chi connectivity index (χ0n) is 12.9. The second-order valence-corrected chi connectivity index (χ2v) is 5.89. The van der Waals surface area contributed by atoms with E-state index >= 15 is 0 Å². The van der Waals surface area contributed by atoms with E-state index in [0.29, 0.717) is 13.0 Å². The molecule has 23 heavy (non-hydrogen) atoms. The van der Waals surface area contributed by atoms with Crippen molar-refractivity contribution < 1.29 is 19.1 Å². The van der Waals surface area contributed by atoms with E-state index in [9.17, 15) is 14.4 Å². The van der Waals surface area contributed by atoms with E-state index in [1.54, 1.807) is 11.9 Å². The summed E-state index contributed by atoms with van der Waals surface area (Å²) in [6.45, 7) is 0.636. The van der Waals surface area contributed by atoms with Gasteiger partial charge in [-0.3, -0.25) is 9.59 Å². The highest BCUT2D eigenvalue weighted by molar-refractivity contribution is 5.95. The van der Waals surface area contributed by atoms with Gasteiger partial charge in [0.05, 0.1) is 12.6 Å². The number of carbonyl (C=O) groups excluding carboxylic acids is 3. The van der Waals surface area contributed by atoms with Crippen LogP contribution in [0.1, 0.15) is 12.0 Å². The second-order valence-electron chi connectivity index (χ2n) is 5.89. The molecule has 0 unspecified atom stereocenters. The molecular formula is C16H19N3O4. The minimum atomic E-state index is -0.535. The summed E-state index contributed by atoms with van der Waals surface area (Å²) in [5.74, 6) is -0.161. The Bertz CT molecular complexity index is 619. The molecular weight excluding hydrogens is 298 g/mol. The number of nitrogens with one attached hydrogen (secondary N) is 1. The average molecular weight is 317 g/mol. The number of piperazine rings is 1. The van der Waals surface area contributed by atoms with Crippen LogP contribution in [-0.2, 0) is 20.9 Å². The van der Waals surface area contributed by atoms with Gasteiger partial charge >= 0.3 is 6.09 Å². The largest absolute Gasteiger partial charge is 0.445 e. The Balaban J connectivity index is 1.52. The first kappa shape index (κ1) is 15.3. The van der Waals surface area contributed by atoms with Crippen LogP contribution < -0.4 is 5.32 Å². The van der Waals surface area contributed by atoms with Crippen LogP contribution in [0.2, 0.25) is 0 Å². The van der Waals surface area contributed by atoms with Gasteiger partial charge in [-0.15, -0.1) is 0 Å². The third kappa shape index (κ3) is 3.28. The van der Waals surface area contributed by atoms with E-state index in [2.05, 4.69) is 5.32 Å². The van der Waals surface area contributed by atoms with E-state index in [1.165, 1.54) is 4.90 Å². The van der Waals surface area contributed by atoms with Crippen LogP contribution in [0.4, 0.5) is 4.79 Å². The minimum Gasteiger partial charge on any atom is -0.445 e. The number of rotatable bonds is 3. The molecule has 2 aliphatic rings. The number of fused-ring (bicyclic) bond motifs is 1. The van der Waals surface area contributed by atoms with Gasteiger partial charge < -0.3 is 19.9 Å². The number of carbonyl (C=O) groups is 3. The quantitative estimate of drug-likeness (QED) is 0.873. The Labute approximate surface area is 134 Å². The highest BCUT2D eigenvalue weighted by atomic mass is 16.5. The summed E-state index contributed by atoms with van der Waals surface area (Å²) in [6, 6.07) is 8.65. The maximum Gasteiger partial charge on any atom is 0.407 e. The summed E-state index contributed by atoms with van der Waals surface area (Å²) in [4.78, 5) is 38.9. The molecule has 2 atom stereocenters. The maximum atomic E-state index is 12.1. The summed E-state index contributed by atoms with van der Waals surface area (Å²) < 4.78 is 5.17. The van der Waals surface area contributed by atoms with E-state index in [-0.39, 0.29) is 31.0 Å². The lowest BCUT2D eigenvalue weighted by Gasteiger charge is -2.33. The summed E-state index contributed by atoms with van der Waals surface area (Å²) >= 11 is 0. The Kier molecular flexibility index (Phi) is 4.18. The van der Waals surface area contributed by atoms with Crippen molar-refractivity contribution in [1.82, 2.24) is 15.1 Å². The fourth-order valence-electron chi connectivity index (χ4n) is 3.01. The lowest BCUT2D eigenvalue weighted by atomic mass is 10.1. The lowest BCUT2D eigenvalue weighted by Crippen LogP contribution is -2.55. The van der Waals surface area contributed by atoms with Crippen LogP contribution in [0.3, 0.4) is 0 Å². The van der Waals surface area contributed by atoms with Crippen molar-refractivity contribution in [2.24, 2.45) is 0 Å². The molecule has 122 valence electrons. The SMILES string of the molecule is CN1CC(=O)N2C[C@H](NC(=O)OCc3ccccc3)C[C@H]2C1=O. The molecule has 3 amide bonds. The van der Waals surface area contributed by atoms with Gasteiger partial charge in [0.25, 0.3) is 0 Å². The summed E-state index contributed by atoms with van der Waals surface area (Å²) in [6.07, 6.45) is -0.109. The second kappa shape index (κ2) is 6.28. The topological polar surface area (TPSA) is 79.0 Å². The molecule has 0 aromatic heterocycles. The molecule has 2 saturated heterocycles. The fourth-order valence-corrected chi connectivity index (χ4v) is 3.01. The molecule has 0 bridgehead atoms. The molecule has 2 fully saturated rings. The first-order valence-corrected chi connectivity index (χ1v) is 7.56. The van der Waals surface area contributed by atoms with Gasteiger partial charge in [0.15, 0.2) is 0 Å². The van der Waals surface area contributed by atoms with Gasteiger partial charge in [0.2, 0.25) is 11.8 Å². The Morgan fingerprint density at radius 2 is 2.04 bits per heavy atom. The molecule has 2 aliphatic heterocycles. The molecule has 2 heterocycles. The van der Waals surface area contributed by atoms with Crippen LogP contribution >= 0.6 is 0 Å². The molecule has 3 rings (SSSR count). The van der Waals surface area contributed by atoms with Gasteiger partial charge in [-0.05, 0) is 12.0 Å². The number of hydrogen-bond donors (Lipinski definition) is 1. The van der Waals surface area contributed by atoms with Crippen molar-refractivity contribution in [3.8, 4) is 0 Å². The van der Waals surface area contributed by atoms with E-state index < -0.39 is 12.1 Å². The van der Waals surface area contributed by atoms with Gasteiger partial charge in [0.1, 0.15) is 12.6 Å². The number of nitrogens with zero attached hydrogens (tertiary/aromatic N) is 2. The number of amides is 3. The minimum absolute atomic E-state index is 0.0773. The van der Waals surface area contributed by atoms with Crippen molar-refractivity contribution in [3.63, 3.8) is 0 Å². The van der Waals surface area contributed by atoms with Gasteiger partial charge in [-0.25, -0.2) is 4.79 Å². The van der Waals surface area contributed by atoms with E-state index in [0.717, 1.165) is 5.56 Å². The van der Waals surface area contributed by atoms with Gasteiger partial charge in [0, 0.05) is 13.6 Å². The maximum absolute atomic E-state index is 12.1. The molecule has 0 aliphatic carbocycles. The smallest absolute Gasteiger partial charge is 0.407 e. The Morgan fingerprint density at radius 3 is 2.78 bits per heavy atom. The molecule has 0 saturated carbocycles. The molecule has 1 aromatic carbocycles. The molecule has 0 spiro atoms. The third-order valence-corrected chi connectivity index (χ3v) is 4.19. The average Bonchev–Trinajstić information content (AvgIpc) is 2.96. The van der Waals surface area contributed by atoms with Gasteiger partial charge in [-0.2, -0.15) is 0 Å². The van der Waals surface area contributed by atoms with Crippen LogP contribution in [0, 0.1) is 0 Å². The monoisotopic (exact) mass is 317 g/mol.